The third-order valence-corrected chi connectivity index (χ3v) is 4.23. The van der Waals surface area contributed by atoms with Crippen molar-refractivity contribution in [3.05, 3.63) is 18.2 Å². The fourth-order valence-corrected chi connectivity index (χ4v) is 3.12. The van der Waals surface area contributed by atoms with Gasteiger partial charge in [0.15, 0.2) is 0 Å². The van der Waals surface area contributed by atoms with E-state index in [0.717, 1.165) is 38.3 Å². The van der Waals surface area contributed by atoms with Gasteiger partial charge in [-0.2, -0.15) is 11.8 Å². The molecule has 1 fully saturated rings. The molecule has 0 N–H and O–H groups in total. The zero-order valence-electron chi connectivity index (χ0n) is 12.2. The third kappa shape index (κ3) is 3.76. The fraction of sp³-hybridized carbons (Fsp3) is 0.714. The van der Waals surface area contributed by atoms with E-state index in [1.54, 1.807) is 18.9 Å². The molecular weight excluding hydrogens is 274 g/mol. The van der Waals surface area contributed by atoms with Crippen molar-refractivity contribution in [1.82, 2.24) is 14.5 Å². The molecule has 0 radical (unpaired) electrons. The number of nitrogens with zero attached hydrogens (tertiary/aromatic N) is 3. The number of ether oxygens (including phenoxy) is 1. The maximum atomic E-state index is 12.0. The summed E-state index contributed by atoms with van der Waals surface area (Å²) in [5.41, 5.74) is 0. The molecule has 0 aromatic carbocycles. The largest absolute Gasteiger partial charge is 0.383 e. The van der Waals surface area contributed by atoms with E-state index in [-0.39, 0.29) is 5.91 Å². The maximum Gasteiger partial charge on any atom is 0.232 e. The Bertz CT molecular complexity index is 436. The summed E-state index contributed by atoms with van der Waals surface area (Å²) in [6.45, 7) is 3.18. The minimum atomic E-state index is 0.247. The number of rotatable bonds is 6. The summed E-state index contributed by atoms with van der Waals surface area (Å²) in [4.78, 5) is 18.5. The van der Waals surface area contributed by atoms with E-state index in [0.29, 0.717) is 18.3 Å². The number of thioether (sulfide) groups is 1. The minimum Gasteiger partial charge on any atom is -0.383 e. The average Bonchev–Trinajstić information content (AvgIpc) is 2.94. The van der Waals surface area contributed by atoms with E-state index in [1.807, 2.05) is 23.5 Å². The molecule has 1 aromatic rings. The number of likely N-dealkylation sites (tertiary alicyclic amines) is 1. The fourth-order valence-electron chi connectivity index (χ4n) is 2.69. The summed E-state index contributed by atoms with van der Waals surface area (Å²) in [7, 11) is 1.71. The van der Waals surface area contributed by atoms with Crippen LogP contribution in [0.5, 0.6) is 0 Å². The van der Waals surface area contributed by atoms with Crippen molar-refractivity contribution in [2.75, 3.05) is 38.8 Å². The highest BCUT2D eigenvalue weighted by atomic mass is 32.2. The number of amides is 1. The Kier molecular flexibility index (Phi) is 5.91. The molecule has 1 aliphatic rings. The Labute approximate surface area is 124 Å². The minimum absolute atomic E-state index is 0.247. The second kappa shape index (κ2) is 7.69. The van der Waals surface area contributed by atoms with Gasteiger partial charge in [0, 0.05) is 45.1 Å². The number of hydrogen-bond acceptors (Lipinski definition) is 4. The highest BCUT2D eigenvalue weighted by Gasteiger charge is 2.26. The monoisotopic (exact) mass is 297 g/mol. The second-order valence-corrected chi connectivity index (χ2v) is 5.95. The zero-order valence-corrected chi connectivity index (χ0v) is 13.1. The molecule has 0 bridgehead atoms. The number of methoxy groups -OCH3 is 1. The molecule has 1 aliphatic heterocycles. The standard InChI is InChI=1S/C14H23N3O2S/c1-19-9-8-16-7-5-15-14(16)12-4-3-6-17(10-12)13(18)11-20-2/h5,7,12H,3-4,6,8-11H2,1-2H3. The summed E-state index contributed by atoms with van der Waals surface area (Å²) in [5, 5.41) is 0. The van der Waals surface area contributed by atoms with Crippen molar-refractivity contribution in [3.63, 3.8) is 0 Å². The van der Waals surface area contributed by atoms with Gasteiger partial charge in [-0.15, -0.1) is 0 Å². The SMILES string of the molecule is COCCn1ccnc1C1CCCN(C(=O)CSC)C1. The average molecular weight is 297 g/mol. The Morgan fingerprint density at radius 1 is 1.60 bits per heavy atom. The summed E-state index contributed by atoms with van der Waals surface area (Å²) < 4.78 is 7.28. The number of aromatic nitrogens is 2. The molecule has 0 spiro atoms. The van der Waals surface area contributed by atoms with E-state index in [2.05, 4.69) is 9.55 Å². The van der Waals surface area contributed by atoms with Crippen LogP contribution in [0, 0.1) is 0 Å². The first-order valence-corrected chi connectivity index (χ1v) is 8.42. The topological polar surface area (TPSA) is 47.4 Å². The van der Waals surface area contributed by atoms with Crippen LogP contribution in [0.25, 0.3) is 0 Å². The molecule has 1 aromatic heterocycles. The molecule has 112 valence electrons. The third-order valence-electron chi connectivity index (χ3n) is 3.69. The molecule has 1 saturated heterocycles. The molecule has 0 aliphatic carbocycles. The molecule has 2 heterocycles. The molecule has 1 amide bonds. The molecule has 0 saturated carbocycles. The number of hydrogen-bond donors (Lipinski definition) is 0. The van der Waals surface area contributed by atoms with Crippen LogP contribution in [-0.4, -0.2) is 59.2 Å². The quantitative estimate of drug-likeness (QED) is 0.800. The smallest absolute Gasteiger partial charge is 0.232 e. The molecule has 2 rings (SSSR count). The van der Waals surface area contributed by atoms with Crippen LogP contribution in [0.4, 0.5) is 0 Å². The second-order valence-electron chi connectivity index (χ2n) is 5.08. The van der Waals surface area contributed by atoms with E-state index < -0.39 is 0 Å². The summed E-state index contributed by atoms with van der Waals surface area (Å²) >= 11 is 1.59. The van der Waals surface area contributed by atoms with Crippen molar-refractivity contribution in [1.29, 1.82) is 0 Å². The first kappa shape index (κ1) is 15.4. The van der Waals surface area contributed by atoms with Gasteiger partial charge in [-0.3, -0.25) is 4.79 Å². The number of piperidine rings is 1. The van der Waals surface area contributed by atoms with Crippen molar-refractivity contribution < 1.29 is 9.53 Å². The molecular formula is C14H23N3O2S. The van der Waals surface area contributed by atoms with E-state index >= 15 is 0 Å². The van der Waals surface area contributed by atoms with Gasteiger partial charge in [0.25, 0.3) is 0 Å². The molecule has 1 atom stereocenters. The lowest BCUT2D eigenvalue weighted by atomic mass is 9.97. The molecule has 1 unspecified atom stereocenters. The first-order valence-electron chi connectivity index (χ1n) is 7.03. The van der Waals surface area contributed by atoms with Crippen LogP contribution in [-0.2, 0) is 16.1 Å². The first-order chi connectivity index (χ1) is 9.76. The van der Waals surface area contributed by atoms with Crippen molar-refractivity contribution in [2.45, 2.75) is 25.3 Å². The molecule has 20 heavy (non-hydrogen) atoms. The van der Waals surface area contributed by atoms with Crippen molar-refractivity contribution in [2.24, 2.45) is 0 Å². The maximum absolute atomic E-state index is 12.0. The van der Waals surface area contributed by atoms with Gasteiger partial charge < -0.3 is 14.2 Å². The highest BCUT2D eigenvalue weighted by molar-refractivity contribution is 7.99. The number of carbonyl (C=O) groups excluding carboxylic acids is 1. The van der Waals surface area contributed by atoms with Crippen molar-refractivity contribution >= 4 is 17.7 Å². The number of imidazole rings is 1. The predicted molar refractivity (Wildman–Crippen MR) is 81.0 cm³/mol. The van der Waals surface area contributed by atoms with Gasteiger partial charge >= 0.3 is 0 Å². The van der Waals surface area contributed by atoms with E-state index in [1.165, 1.54) is 0 Å². The van der Waals surface area contributed by atoms with Crippen LogP contribution in [0.1, 0.15) is 24.6 Å². The van der Waals surface area contributed by atoms with Crippen LogP contribution < -0.4 is 0 Å². The lowest BCUT2D eigenvalue weighted by Gasteiger charge is -2.32. The Hall–Kier alpha value is -1.01. The van der Waals surface area contributed by atoms with Crippen LogP contribution in [0.3, 0.4) is 0 Å². The van der Waals surface area contributed by atoms with Gasteiger partial charge in [-0.1, -0.05) is 0 Å². The van der Waals surface area contributed by atoms with Gasteiger partial charge in [0.05, 0.1) is 12.4 Å². The van der Waals surface area contributed by atoms with Crippen LogP contribution >= 0.6 is 11.8 Å². The highest BCUT2D eigenvalue weighted by Crippen LogP contribution is 2.26. The van der Waals surface area contributed by atoms with Crippen LogP contribution in [0.2, 0.25) is 0 Å². The molecule has 6 heteroatoms. The number of carbonyl (C=O) groups is 1. The van der Waals surface area contributed by atoms with E-state index in [4.69, 9.17) is 4.74 Å². The summed E-state index contributed by atoms with van der Waals surface area (Å²) in [6, 6.07) is 0. The summed E-state index contributed by atoms with van der Waals surface area (Å²) in [6.07, 6.45) is 7.97. The van der Waals surface area contributed by atoms with Gasteiger partial charge in [-0.25, -0.2) is 4.98 Å². The Balaban J connectivity index is 2.01. The Morgan fingerprint density at radius 3 is 3.20 bits per heavy atom. The molecule has 5 nitrogen and oxygen atoms in total. The Morgan fingerprint density at radius 2 is 2.45 bits per heavy atom. The van der Waals surface area contributed by atoms with Gasteiger partial charge in [0.1, 0.15) is 5.82 Å². The predicted octanol–water partition coefficient (Wildman–Crippen LogP) is 1.60. The van der Waals surface area contributed by atoms with Crippen LogP contribution in [0.15, 0.2) is 12.4 Å². The van der Waals surface area contributed by atoms with E-state index in [9.17, 15) is 4.79 Å². The summed E-state index contributed by atoms with van der Waals surface area (Å²) in [5.74, 6) is 2.26. The van der Waals surface area contributed by atoms with Gasteiger partial charge in [-0.05, 0) is 19.1 Å². The lowest BCUT2D eigenvalue weighted by molar-refractivity contribution is -0.129. The lowest BCUT2D eigenvalue weighted by Crippen LogP contribution is -2.40. The van der Waals surface area contributed by atoms with Crippen molar-refractivity contribution in [3.8, 4) is 0 Å². The zero-order chi connectivity index (χ0) is 14.4. The van der Waals surface area contributed by atoms with Gasteiger partial charge in [0.2, 0.25) is 5.91 Å². The normalized spacial score (nSPS) is 19.3.